The van der Waals surface area contributed by atoms with Crippen LogP contribution in [-0.4, -0.2) is 41.3 Å². The number of aromatic nitrogens is 1. The van der Waals surface area contributed by atoms with Crippen molar-refractivity contribution in [3.8, 4) is 5.88 Å². The molecule has 0 amide bonds. The van der Waals surface area contributed by atoms with Gasteiger partial charge in [-0.05, 0) is 41.9 Å². The van der Waals surface area contributed by atoms with Gasteiger partial charge in [-0.3, -0.25) is 10.1 Å². The summed E-state index contributed by atoms with van der Waals surface area (Å²) in [5.74, 6) is 0.0581. The summed E-state index contributed by atoms with van der Waals surface area (Å²) in [6.07, 6.45) is 3.96. The molecule has 2 fully saturated rings. The molecule has 3 rings (SSSR count). The molecule has 114 valence electrons. The first-order valence-corrected chi connectivity index (χ1v) is 7.69. The predicted molar refractivity (Wildman–Crippen MR) is 78.4 cm³/mol. The number of halogens is 1. The Hall–Kier alpha value is -1.25. The number of ether oxygens (including phenoxy) is 2. The van der Waals surface area contributed by atoms with E-state index >= 15 is 0 Å². The van der Waals surface area contributed by atoms with E-state index in [9.17, 15) is 10.1 Å². The average Bonchev–Trinajstić information content (AvgIpc) is 2.84. The molecule has 0 radical (unpaired) electrons. The first kappa shape index (κ1) is 14.7. The van der Waals surface area contributed by atoms with Crippen LogP contribution in [0, 0.1) is 10.1 Å². The minimum atomic E-state index is -0.483. The van der Waals surface area contributed by atoms with E-state index < -0.39 is 4.92 Å². The fourth-order valence-electron chi connectivity index (χ4n) is 2.90. The highest BCUT2D eigenvalue weighted by molar-refractivity contribution is 9.10. The van der Waals surface area contributed by atoms with Gasteiger partial charge in [-0.25, -0.2) is 4.98 Å². The normalized spacial score (nSPS) is 24.1. The topological polar surface area (TPSA) is 86.5 Å². The van der Waals surface area contributed by atoms with Crippen LogP contribution in [0.25, 0.3) is 0 Å². The van der Waals surface area contributed by atoms with Gasteiger partial charge in [0, 0.05) is 23.2 Å². The van der Waals surface area contributed by atoms with Crippen molar-refractivity contribution in [2.24, 2.45) is 0 Å². The molecule has 0 aliphatic carbocycles. The molecule has 2 saturated heterocycles. The minimum Gasteiger partial charge on any atom is -0.467 e. The number of piperidine rings is 1. The molecule has 1 aromatic heterocycles. The molecule has 3 heterocycles. The van der Waals surface area contributed by atoms with E-state index in [0.29, 0.717) is 11.1 Å². The lowest BCUT2D eigenvalue weighted by atomic mass is 9.89. The van der Waals surface area contributed by atoms with E-state index in [4.69, 9.17) is 9.47 Å². The Balaban J connectivity index is 1.72. The molecule has 1 aromatic rings. The first-order valence-electron chi connectivity index (χ1n) is 6.89. The summed E-state index contributed by atoms with van der Waals surface area (Å²) < 4.78 is 12.2. The Morgan fingerprint density at radius 3 is 3.00 bits per heavy atom. The van der Waals surface area contributed by atoms with Crippen LogP contribution in [0.3, 0.4) is 0 Å². The molecule has 1 unspecified atom stereocenters. The number of nitrogens with zero attached hydrogens (tertiary/aromatic N) is 2. The number of nitro groups is 1. The van der Waals surface area contributed by atoms with Gasteiger partial charge in [0.1, 0.15) is 6.10 Å². The second-order valence-electron chi connectivity index (χ2n) is 5.42. The molecule has 0 aromatic carbocycles. The first-order chi connectivity index (χ1) is 10.1. The van der Waals surface area contributed by atoms with Crippen molar-refractivity contribution < 1.29 is 14.4 Å². The van der Waals surface area contributed by atoms with Crippen LogP contribution in [0.4, 0.5) is 5.69 Å². The van der Waals surface area contributed by atoms with Gasteiger partial charge in [-0.1, -0.05) is 0 Å². The highest BCUT2D eigenvalue weighted by Crippen LogP contribution is 2.37. The maximum atomic E-state index is 11.1. The standard InChI is InChI=1S/C13H16BrN3O4/c14-9-5-11(17(18)19)12(16-7-9)21-10-6-13(20-8-10)1-3-15-4-2-13/h5,7,10,15H,1-4,6,8H2. The third-order valence-corrected chi connectivity index (χ3v) is 4.40. The maximum absolute atomic E-state index is 11.1. The Bertz CT molecular complexity index is 548. The zero-order valence-electron chi connectivity index (χ0n) is 11.4. The summed E-state index contributed by atoms with van der Waals surface area (Å²) in [5, 5.41) is 14.4. The van der Waals surface area contributed by atoms with Gasteiger partial charge in [-0.2, -0.15) is 0 Å². The van der Waals surface area contributed by atoms with Crippen LogP contribution in [0.1, 0.15) is 19.3 Å². The number of hydrogen-bond donors (Lipinski definition) is 1. The van der Waals surface area contributed by atoms with Gasteiger partial charge >= 0.3 is 5.69 Å². The molecule has 1 atom stereocenters. The van der Waals surface area contributed by atoms with Crippen molar-refractivity contribution in [2.75, 3.05) is 19.7 Å². The molecule has 8 heteroatoms. The maximum Gasteiger partial charge on any atom is 0.332 e. The molecule has 21 heavy (non-hydrogen) atoms. The number of rotatable bonds is 3. The Kier molecular flexibility index (Phi) is 4.10. The molecular weight excluding hydrogens is 342 g/mol. The van der Waals surface area contributed by atoms with Crippen LogP contribution < -0.4 is 10.1 Å². The lowest BCUT2D eigenvalue weighted by molar-refractivity contribution is -0.386. The number of pyridine rings is 1. The monoisotopic (exact) mass is 357 g/mol. The Morgan fingerprint density at radius 1 is 1.52 bits per heavy atom. The second kappa shape index (κ2) is 5.86. The zero-order valence-corrected chi connectivity index (χ0v) is 13.0. The van der Waals surface area contributed by atoms with Crippen molar-refractivity contribution in [3.05, 3.63) is 26.9 Å². The fourth-order valence-corrected chi connectivity index (χ4v) is 3.22. The fraction of sp³-hybridized carbons (Fsp3) is 0.615. The van der Waals surface area contributed by atoms with Gasteiger partial charge in [0.05, 0.1) is 17.1 Å². The van der Waals surface area contributed by atoms with Crippen molar-refractivity contribution in [2.45, 2.75) is 31.0 Å². The van der Waals surface area contributed by atoms with E-state index in [2.05, 4.69) is 26.2 Å². The van der Waals surface area contributed by atoms with Crippen LogP contribution in [0.15, 0.2) is 16.7 Å². The number of nitrogens with one attached hydrogen (secondary N) is 1. The van der Waals surface area contributed by atoms with E-state index in [1.165, 1.54) is 12.3 Å². The summed E-state index contributed by atoms with van der Waals surface area (Å²) >= 11 is 3.18. The SMILES string of the molecule is O=[N+]([O-])c1cc(Br)cnc1OC1COC2(CCNCC2)C1. The highest BCUT2D eigenvalue weighted by atomic mass is 79.9. The number of hydrogen-bond acceptors (Lipinski definition) is 6. The summed E-state index contributed by atoms with van der Waals surface area (Å²) in [6, 6.07) is 1.40. The van der Waals surface area contributed by atoms with Crippen molar-refractivity contribution in [3.63, 3.8) is 0 Å². The molecule has 1 N–H and O–H groups in total. The van der Waals surface area contributed by atoms with Gasteiger partial charge in [-0.15, -0.1) is 0 Å². The van der Waals surface area contributed by atoms with Crippen molar-refractivity contribution in [1.82, 2.24) is 10.3 Å². The zero-order chi connectivity index (χ0) is 14.9. The molecule has 1 spiro atoms. The highest BCUT2D eigenvalue weighted by Gasteiger charge is 2.42. The van der Waals surface area contributed by atoms with Gasteiger partial charge in [0.15, 0.2) is 0 Å². The third-order valence-electron chi connectivity index (χ3n) is 3.96. The minimum absolute atomic E-state index is 0.0581. The third kappa shape index (κ3) is 3.17. The smallest absolute Gasteiger partial charge is 0.332 e. The quantitative estimate of drug-likeness (QED) is 0.657. The predicted octanol–water partition coefficient (Wildman–Crippen LogP) is 2.04. The van der Waals surface area contributed by atoms with Crippen LogP contribution >= 0.6 is 15.9 Å². The van der Waals surface area contributed by atoms with Crippen molar-refractivity contribution >= 4 is 21.6 Å². The lowest BCUT2D eigenvalue weighted by Crippen LogP contribution is -2.41. The van der Waals surface area contributed by atoms with Gasteiger partial charge in [0.25, 0.3) is 5.88 Å². The van der Waals surface area contributed by atoms with Crippen LogP contribution in [0.2, 0.25) is 0 Å². The van der Waals surface area contributed by atoms with Crippen LogP contribution in [0.5, 0.6) is 5.88 Å². The lowest BCUT2D eigenvalue weighted by Gasteiger charge is -2.32. The summed E-state index contributed by atoms with van der Waals surface area (Å²) in [6.45, 7) is 2.32. The van der Waals surface area contributed by atoms with E-state index in [-0.39, 0.29) is 23.3 Å². The Morgan fingerprint density at radius 2 is 2.29 bits per heavy atom. The van der Waals surface area contributed by atoms with E-state index in [0.717, 1.165) is 32.4 Å². The summed E-state index contributed by atoms with van der Waals surface area (Å²) in [5.41, 5.74) is -0.268. The van der Waals surface area contributed by atoms with E-state index in [1.54, 1.807) is 0 Å². The molecule has 7 nitrogen and oxygen atoms in total. The molecule has 2 aliphatic rings. The van der Waals surface area contributed by atoms with Gasteiger partial charge in [0.2, 0.25) is 0 Å². The largest absolute Gasteiger partial charge is 0.467 e. The molecular formula is C13H16BrN3O4. The van der Waals surface area contributed by atoms with E-state index in [1.807, 2.05) is 0 Å². The summed E-state index contributed by atoms with van der Waals surface area (Å²) in [4.78, 5) is 14.6. The average molecular weight is 358 g/mol. The Labute approximate surface area is 130 Å². The van der Waals surface area contributed by atoms with Crippen molar-refractivity contribution in [1.29, 1.82) is 0 Å². The van der Waals surface area contributed by atoms with Gasteiger partial charge < -0.3 is 14.8 Å². The second-order valence-corrected chi connectivity index (χ2v) is 6.34. The molecule has 2 aliphatic heterocycles. The van der Waals surface area contributed by atoms with Crippen LogP contribution in [-0.2, 0) is 4.74 Å². The molecule has 0 saturated carbocycles. The molecule has 0 bridgehead atoms. The summed E-state index contributed by atoms with van der Waals surface area (Å²) in [7, 11) is 0.